The zero-order valence-corrected chi connectivity index (χ0v) is 56.1. The molecule has 0 aliphatic carbocycles. The van der Waals surface area contributed by atoms with Crippen LogP contribution in [0.2, 0.25) is 0 Å². The van der Waals surface area contributed by atoms with Gasteiger partial charge in [0.25, 0.3) is 5.69 Å². The van der Waals surface area contributed by atoms with Gasteiger partial charge in [0.1, 0.15) is 39.1 Å². The van der Waals surface area contributed by atoms with E-state index in [4.69, 9.17) is 17.7 Å². The van der Waals surface area contributed by atoms with Crippen LogP contribution in [0.5, 0.6) is 0 Å². The molecule has 1 N–H and O–H groups in total. The first-order chi connectivity index (χ1) is 50.9. The van der Waals surface area contributed by atoms with Crippen LogP contribution in [0.4, 0.5) is 5.69 Å². The second kappa shape index (κ2) is 25.0. The van der Waals surface area contributed by atoms with Gasteiger partial charge < -0.3 is 22.7 Å². The van der Waals surface area contributed by atoms with Gasteiger partial charge in [-0.3, -0.25) is 10.1 Å². The zero-order valence-electron chi connectivity index (χ0n) is 55.2. The van der Waals surface area contributed by atoms with Gasteiger partial charge in [-0.25, -0.2) is 0 Å². The number of benzene rings is 17. The third kappa shape index (κ3) is 10.2. The Hall–Kier alpha value is -13.4. The number of rotatable bonds is 7. The molecule has 0 saturated carbocycles. The summed E-state index contributed by atoms with van der Waals surface area (Å²) in [6.07, 6.45) is 0. The van der Waals surface area contributed by atoms with Gasteiger partial charge in [-0.2, -0.15) is 0 Å². The Morgan fingerprint density at radius 1 is 0.279 bits per heavy atom. The van der Waals surface area contributed by atoms with E-state index in [0.717, 1.165) is 137 Å². The summed E-state index contributed by atoms with van der Waals surface area (Å²) in [5.41, 5.74) is 14.8. The molecule has 0 fully saturated rings. The lowest BCUT2D eigenvalue weighted by Crippen LogP contribution is -2.20. The Balaban J connectivity index is 0.000000114. The summed E-state index contributed by atoms with van der Waals surface area (Å²) in [7, 11) is -0.446. The number of fused-ring (bicyclic) bond motifs is 25. The molecular weight excluding hydrogens is 1300 g/mol. The number of nitro groups is 1. The summed E-state index contributed by atoms with van der Waals surface area (Å²) >= 11 is 0. The van der Waals surface area contributed by atoms with Crippen LogP contribution in [0.3, 0.4) is 0 Å². The molecule has 0 atom stereocenters. The van der Waals surface area contributed by atoms with Crippen LogP contribution < -0.4 is 15.9 Å². The highest BCUT2D eigenvalue weighted by Gasteiger charge is 2.25. The highest BCUT2D eigenvalue weighted by molar-refractivity contribution is 7.79. The third-order valence-corrected chi connectivity index (χ3v) is 22.8. The first-order valence-corrected chi connectivity index (χ1v) is 35.8. The van der Waals surface area contributed by atoms with E-state index in [9.17, 15) is 10.1 Å². The molecular formula is C95H61N2O6P. The van der Waals surface area contributed by atoms with E-state index < -0.39 is 7.92 Å². The average molecular weight is 1360 g/mol. The maximum absolute atomic E-state index is 12.1. The fourth-order valence-electron chi connectivity index (χ4n) is 15.7. The van der Waals surface area contributed by atoms with Crippen molar-refractivity contribution in [2.75, 3.05) is 0 Å². The SMILES string of the molecule is C.O=[N+]([O-])c1ccccc1-c1cc2oc3c4ccccc4ccc3c2c2ccc(-c3ccc4oc5ccccc5c4c3)cc12.c1ccc(P(c2ccccc2)c2ccccc2)cc1.c1ccc2c(c1)ccc1c2oc2c3[nH]c4ccccc4c3c3cc(-c4ccc5oc6ccccc6c5c4)ccc3c12. The number of nitro benzene ring substituents is 1. The quantitative estimate of drug-likeness (QED) is 0.0967. The largest absolute Gasteiger partial charge is 0.456 e. The van der Waals surface area contributed by atoms with Gasteiger partial charge in [-0.15, -0.1) is 0 Å². The molecule has 22 rings (SSSR count). The molecule has 104 heavy (non-hydrogen) atoms. The lowest BCUT2D eigenvalue weighted by molar-refractivity contribution is -0.384. The third-order valence-electron chi connectivity index (χ3n) is 20.4. The van der Waals surface area contributed by atoms with Crippen molar-refractivity contribution >= 4 is 182 Å². The predicted octanol–water partition coefficient (Wildman–Crippen LogP) is 26.2. The highest BCUT2D eigenvalue weighted by atomic mass is 31.1. The Morgan fingerprint density at radius 2 is 0.702 bits per heavy atom. The average Bonchev–Trinajstić information content (AvgIpc) is 1.55. The van der Waals surface area contributed by atoms with Crippen molar-refractivity contribution in [1.29, 1.82) is 0 Å². The van der Waals surface area contributed by atoms with Gasteiger partial charge in [-0.05, 0) is 157 Å². The molecule has 0 amide bonds. The summed E-state index contributed by atoms with van der Waals surface area (Å²) in [5, 5.41) is 36.2. The van der Waals surface area contributed by atoms with Gasteiger partial charge in [0, 0.05) is 81.8 Å². The minimum absolute atomic E-state index is 0. The summed E-state index contributed by atoms with van der Waals surface area (Å²) in [6.45, 7) is 0. The van der Waals surface area contributed by atoms with Crippen molar-refractivity contribution in [1.82, 2.24) is 4.98 Å². The number of nitrogens with one attached hydrogen (secondary N) is 1. The number of hydrogen-bond donors (Lipinski definition) is 1. The maximum Gasteiger partial charge on any atom is 0.277 e. The van der Waals surface area contributed by atoms with Crippen molar-refractivity contribution in [2.45, 2.75) is 7.43 Å². The van der Waals surface area contributed by atoms with E-state index in [0.29, 0.717) is 11.1 Å². The minimum Gasteiger partial charge on any atom is -0.456 e. The number of aromatic amines is 1. The molecule has 0 unspecified atom stereocenters. The molecule has 0 bridgehead atoms. The number of hydrogen-bond acceptors (Lipinski definition) is 6. The van der Waals surface area contributed by atoms with Crippen LogP contribution in [0.25, 0.3) is 186 Å². The molecule has 0 spiro atoms. The first-order valence-electron chi connectivity index (χ1n) is 34.4. The number of para-hydroxylation sites is 4. The van der Waals surface area contributed by atoms with Crippen molar-refractivity contribution in [3.63, 3.8) is 0 Å². The Morgan fingerprint density at radius 3 is 1.27 bits per heavy atom. The second-order valence-corrected chi connectivity index (χ2v) is 28.4. The Bertz CT molecular complexity index is 7070. The fraction of sp³-hybridized carbons (Fsp3) is 0.0105. The molecule has 0 radical (unpaired) electrons. The van der Waals surface area contributed by atoms with Gasteiger partial charge >= 0.3 is 0 Å². The van der Waals surface area contributed by atoms with Crippen molar-refractivity contribution < 1.29 is 22.6 Å². The predicted molar refractivity (Wildman–Crippen MR) is 436 cm³/mol. The lowest BCUT2D eigenvalue weighted by atomic mass is 9.91. The van der Waals surface area contributed by atoms with Crippen LogP contribution in [0.1, 0.15) is 7.43 Å². The standard InChI is InChI=1S/C38H21NO4.C38H21NO2.C18H15P.CH4/c40-39(41)33-11-5-3-9-26(33)31-21-36-37(29-17-13-22-7-1-2-8-25(22)38(29)43-36)28-16-14-23(19-30(28)31)24-15-18-35-32(20-24)27-10-4-6-12-34(27)42-35;1-2-8-24-21(7-1)13-17-28-35-26-16-14-22(23-15-18-33-29(19-23)25-9-4-6-12-32(25)40-33)20-30(26)34-27-10-3-5-11-31(27)39-36(34)38(35)41-37(24)28;1-4-10-16(11-5-1)19(17-12-6-2-7-13-17)18-14-8-3-9-15-18;/h1-21H;1-20,39H;1-15H;1H4. The van der Waals surface area contributed by atoms with Crippen molar-refractivity contribution in [3.8, 4) is 33.4 Å². The van der Waals surface area contributed by atoms with Crippen LogP contribution >= 0.6 is 7.92 Å². The molecule has 17 aromatic carbocycles. The number of furan rings is 4. The van der Waals surface area contributed by atoms with E-state index in [-0.39, 0.29) is 18.0 Å². The van der Waals surface area contributed by atoms with E-state index in [2.05, 4.69) is 266 Å². The topological polar surface area (TPSA) is 111 Å². The van der Waals surface area contributed by atoms with Gasteiger partial charge in [-0.1, -0.05) is 262 Å². The second-order valence-electron chi connectivity index (χ2n) is 26.2. The molecule has 492 valence electrons. The van der Waals surface area contributed by atoms with Crippen LogP contribution in [-0.4, -0.2) is 9.91 Å². The summed E-state index contributed by atoms with van der Waals surface area (Å²) < 4.78 is 25.5. The van der Waals surface area contributed by atoms with Crippen LogP contribution in [0, 0.1) is 10.1 Å². The minimum atomic E-state index is -0.446. The van der Waals surface area contributed by atoms with E-state index >= 15 is 0 Å². The molecule has 5 heterocycles. The number of H-pyrrole nitrogens is 1. The summed E-state index contributed by atoms with van der Waals surface area (Å²) in [6, 6.07) is 117. The normalized spacial score (nSPS) is 11.7. The molecule has 0 aliphatic rings. The molecule has 9 heteroatoms. The number of nitrogens with zero attached hydrogens (tertiary/aromatic N) is 1. The maximum atomic E-state index is 12.1. The Labute approximate surface area is 596 Å². The zero-order chi connectivity index (χ0) is 68.2. The lowest BCUT2D eigenvalue weighted by Gasteiger charge is -2.18. The van der Waals surface area contributed by atoms with E-state index in [1.165, 1.54) is 54.0 Å². The van der Waals surface area contributed by atoms with Crippen LogP contribution in [-0.2, 0) is 0 Å². The Kier molecular flexibility index (Phi) is 14.9. The first kappa shape index (κ1) is 61.7. The summed E-state index contributed by atoms with van der Waals surface area (Å²) in [5.74, 6) is 0. The molecule has 0 saturated heterocycles. The highest BCUT2D eigenvalue weighted by Crippen LogP contribution is 2.49. The fourth-order valence-corrected chi connectivity index (χ4v) is 18.0. The molecule has 5 aromatic heterocycles. The van der Waals surface area contributed by atoms with E-state index in [1.54, 1.807) is 12.1 Å². The molecule has 0 aliphatic heterocycles. The molecule has 22 aromatic rings. The van der Waals surface area contributed by atoms with Gasteiger partial charge in [0.2, 0.25) is 0 Å². The number of aromatic nitrogens is 1. The summed E-state index contributed by atoms with van der Waals surface area (Å²) in [4.78, 5) is 15.5. The van der Waals surface area contributed by atoms with Gasteiger partial charge in [0.05, 0.1) is 16.0 Å². The van der Waals surface area contributed by atoms with Crippen LogP contribution in [0.15, 0.2) is 357 Å². The van der Waals surface area contributed by atoms with Crippen molar-refractivity contribution in [3.05, 3.63) is 350 Å². The van der Waals surface area contributed by atoms with Gasteiger partial charge in [0.15, 0.2) is 5.58 Å². The van der Waals surface area contributed by atoms with Crippen molar-refractivity contribution in [2.24, 2.45) is 0 Å². The molecule has 8 nitrogen and oxygen atoms in total. The monoisotopic (exact) mass is 1360 g/mol. The van der Waals surface area contributed by atoms with E-state index in [1.807, 2.05) is 66.7 Å². The smallest absolute Gasteiger partial charge is 0.277 e.